The highest BCUT2D eigenvalue weighted by molar-refractivity contribution is 6.33. The zero-order valence-electron chi connectivity index (χ0n) is 43.1. The smallest absolute Gasteiger partial charge is 0.147 e. The summed E-state index contributed by atoms with van der Waals surface area (Å²) in [6.45, 7) is 0. The quantitative estimate of drug-likeness (QED) is 0.186. The third-order valence-electron chi connectivity index (χ3n) is 8.37. The zero-order valence-corrected chi connectivity index (χ0v) is 25.1. The number of fused-ring (bicyclic) bond motifs is 10. The van der Waals surface area contributed by atoms with Crippen LogP contribution in [0.4, 0.5) is 17.1 Å². The van der Waals surface area contributed by atoms with Crippen LogP contribution in [0.2, 0.25) is 0 Å². The van der Waals surface area contributed by atoms with Gasteiger partial charge in [-0.05, 0) is 70.0 Å². The summed E-state index contributed by atoms with van der Waals surface area (Å²) >= 11 is 0. The van der Waals surface area contributed by atoms with Gasteiger partial charge in [-0.25, -0.2) is 0 Å². The van der Waals surface area contributed by atoms with E-state index in [0.29, 0.717) is 27.5 Å². The molecule has 0 bridgehead atoms. The normalized spacial score (nSPS) is 16.8. The van der Waals surface area contributed by atoms with E-state index in [0.717, 1.165) is 26.4 Å². The van der Waals surface area contributed by atoms with Crippen LogP contribution >= 0.6 is 0 Å². The Hall–Kier alpha value is -6.58. The second-order valence-corrected chi connectivity index (χ2v) is 11.1. The van der Waals surface area contributed by atoms with Gasteiger partial charge in [-0.15, -0.1) is 0 Å². The fraction of sp³-hybridized carbons (Fsp3) is 0. The number of hydrogen-bond acceptors (Lipinski definition) is 3. The predicted octanol–water partition coefficient (Wildman–Crippen LogP) is 13.4. The van der Waals surface area contributed by atoms with Gasteiger partial charge < -0.3 is 13.7 Å². The summed E-state index contributed by atoms with van der Waals surface area (Å²) in [4.78, 5) is 0.959. The SMILES string of the molecule is [2H]c1c([2H])c([2H])c(-c2c([2H])c([2H])c(N(c3ccc4c(c3)oc3c5ccccc5c5c6ccccc6oc5c43)c3c([2H])c([2H])c(-c4c([2H])c([2H])c([2H])c([2H])c4[2H])c([2H])c3[2H])c([2H])c2[2H])c([2H])c1[2H]. The number of rotatable bonds is 5. The molecule has 0 spiro atoms. The summed E-state index contributed by atoms with van der Waals surface area (Å²) in [5.74, 6) is 0. The van der Waals surface area contributed by atoms with Crippen LogP contribution in [0.5, 0.6) is 0 Å². The van der Waals surface area contributed by atoms with Crippen LogP contribution in [0.15, 0.2) is 184 Å². The maximum absolute atomic E-state index is 9.43. The van der Waals surface area contributed by atoms with E-state index in [2.05, 4.69) is 0 Å². The van der Waals surface area contributed by atoms with Crippen molar-refractivity contribution in [3.05, 3.63) is 175 Å². The van der Waals surface area contributed by atoms with Gasteiger partial charge in [0, 0.05) is 44.7 Å². The first-order valence-electron chi connectivity index (χ1n) is 24.1. The van der Waals surface area contributed by atoms with Crippen molar-refractivity contribution in [2.75, 3.05) is 4.90 Å². The summed E-state index contributed by atoms with van der Waals surface area (Å²) in [6, 6.07) is 4.92. The molecule has 0 atom stereocenters. The third-order valence-corrected chi connectivity index (χ3v) is 8.37. The molecule has 230 valence electrons. The molecule has 2 aromatic heterocycles. The van der Waals surface area contributed by atoms with Crippen LogP contribution in [0.1, 0.15) is 24.7 Å². The molecule has 0 N–H and O–H groups in total. The molecule has 10 rings (SSSR count). The van der Waals surface area contributed by atoms with Crippen LogP contribution in [-0.4, -0.2) is 0 Å². The summed E-state index contributed by atoms with van der Waals surface area (Å²) in [5.41, 5.74) is -2.07. The van der Waals surface area contributed by atoms with Crippen molar-refractivity contribution in [2.45, 2.75) is 0 Å². The lowest BCUT2D eigenvalue weighted by Gasteiger charge is -2.26. The predicted molar refractivity (Wildman–Crippen MR) is 204 cm³/mol. The summed E-state index contributed by atoms with van der Waals surface area (Å²) in [6.07, 6.45) is 0. The number of anilines is 3. The first-order chi connectivity index (χ1) is 31.8. The summed E-state index contributed by atoms with van der Waals surface area (Å²) in [5, 5.41) is 4.38. The Balaban J connectivity index is 1.31. The van der Waals surface area contributed by atoms with E-state index in [4.69, 9.17) is 22.5 Å². The first kappa shape index (κ1) is 15.1. The molecule has 10 aromatic rings. The van der Waals surface area contributed by atoms with Gasteiger partial charge in [-0.3, -0.25) is 0 Å². The Labute approximate surface area is 308 Å². The van der Waals surface area contributed by atoms with Gasteiger partial charge in [-0.1, -0.05) is 127 Å². The Kier molecular flexibility index (Phi) is 3.39. The second kappa shape index (κ2) is 11.0. The molecule has 0 aliphatic rings. The fourth-order valence-corrected chi connectivity index (χ4v) is 6.23. The van der Waals surface area contributed by atoms with Gasteiger partial charge in [0.1, 0.15) is 22.3 Å². The lowest BCUT2D eigenvalue weighted by molar-refractivity contribution is 0.665. The molecule has 0 fully saturated rings. The minimum Gasteiger partial charge on any atom is -0.455 e. The van der Waals surface area contributed by atoms with E-state index in [9.17, 15) is 11.0 Å². The molecule has 0 unspecified atom stereocenters. The van der Waals surface area contributed by atoms with Gasteiger partial charge in [0.05, 0.1) is 30.1 Å². The van der Waals surface area contributed by atoms with Crippen molar-refractivity contribution in [1.82, 2.24) is 0 Å². The van der Waals surface area contributed by atoms with Crippen LogP contribution in [0.3, 0.4) is 0 Å². The van der Waals surface area contributed by atoms with Crippen molar-refractivity contribution in [2.24, 2.45) is 0 Å². The standard InChI is InChI=1S/C46H29NO2/c1-3-11-30(12-4-1)32-19-23-34(24-20-32)47(35-25-21-33(22-26-35)31-13-5-2-6-14-31)36-27-28-40-42(29-36)49-45-38-16-8-7-15-37(38)43-39-17-9-10-18-41(39)48-46(43)44(40)45/h1-29H/i1D,2D,3D,4D,5D,6D,11D,12D,13D,14D,19D,20D,21D,22D,23D,24D,25D,26D. The molecule has 0 radical (unpaired) electrons. The van der Waals surface area contributed by atoms with Crippen LogP contribution in [0, 0.1) is 0 Å². The van der Waals surface area contributed by atoms with Gasteiger partial charge in [0.15, 0.2) is 0 Å². The topological polar surface area (TPSA) is 29.5 Å². The molecule has 49 heavy (non-hydrogen) atoms. The van der Waals surface area contributed by atoms with Crippen LogP contribution in [-0.2, 0) is 0 Å². The maximum atomic E-state index is 9.43. The maximum Gasteiger partial charge on any atom is 0.147 e. The van der Waals surface area contributed by atoms with Crippen molar-refractivity contribution in [1.29, 1.82) is 0 Å². The van der Waals surface area contributed by atoms with Crippen LogP contribution < -0.4 is 4.90 Å². The van der Waals surface area contributed by atoms with E-state index < -0.39 is 142 Å². The average Bonchev–Trinajstić information content (AvgIpc) is 3.91. The monoisotopic (exact) mass is 645 g/mol. The number of nitrogens with zero attached hydrogens (tertiary/aromatic N) is 1. The van der Waals surface area contributed by atoms with E-state index in [-0.39, 0.29) is 11.3 Å². The number of furan rings is 2. The average molecular weight is 646 g/mol. The summed E-state index contributed by atoms with van der Waals surface area (Å²) < 4.78 is 171. The highest BCUT2D eigenvalue weighted by atomic mass is 16.3. The summed E-state index contributed by atoms with van der Waals surface area (Å²) in [7, 11) is 0. The van der Waals surface area contributed by atoms with Gasteiger partial charge >= 0.3 is 0 Å². The van der Waals surface area contributed by atoms with Crippen molar-refractivity contribution < 1.29 is 33.5 Å². The molecule has 3 heteroatoms. The van der Waals surface area contributed by atoms with Gasteiger partial charge in [0.25, 0.3) is 0 Å². The van der Waals surface area contributed by atoms with Gasteiger partial charge in [-0.2, -0.15) is 0 Å². The van der Waals surface area contributed by atoms with Crippen molar-refractivity contribution >= 4 is 71.7 Å². The molecule has 0 aliphatic heterocycles. The lowest BCUT2D eigenvalue weighted by Crippen LogP contribution is -2.09. The molecule has 0 aliphatic carbocycles. The number of benzene rings is 8. The number of hydrogen-bond donors (Lipinski definition) is 0. The molecule has 3 nitrogen and oxygen atoms in total. The lowest BCUT2D eigenvalue weighted by atomic mass is 9.99. The van der Waals surface area contributed by atoms with Crippen molar-refractivity contribution in [3.63, 3.8) is 0 Å². The molecule has 8 aromatic carbocycles. The van der Waals surface area contributed by atoms with E-state index in [1.54, 1.807) is 6.07 Å². The highest BCUT2D eigenvalue weighted by Crippen LogP contribution is 2.46. The molecule has 0 saturated heterocycles. The Morgan fingerprint density at radius 3 is 1.53 bits per heavy atom. The Bertz CT molecular complexity index is 3630. The van der Waals surface area contributed by atoms with E-state index in [1.165, 1.54) is 12.1 Å². The third kappa shape index (κ3) is 4.44. The number of para-hydroxylation sites is 1. The zero-order chi connectivity index (χ0) is 48.0. The Morgan fingerprint density at radius 2 is 0.898 bits per heavy atom. The van der Waals surface area contributed by atoms with E-state index in [1.807, 2.05) is 48.5 Å². The second-order valence-electron chi connectivity index (χ2n) is 11.1. The molecule has 0 saturated carbocycles. The molecule has 2 heterocycles. The molecular weight excluding hydrogens is 599 g/mol. The van der Waals surface area contributed by atoms with E-state index >= 15 is 0 Å². The first-order valence-corrected chi connectivity index (χ1v) is 15.1. The van der Waals surface area contributed by atoms with Crippen LogP contribution in [0.25, 0.3) is 76.9 Å². The molecular formula is C46H29NO2. The highest BCUT2D eigenvalue weighted by Gasteiger charge is 2.22. The minimum absolute atomic E-state index is 0.0653. The molecule has 0 amide bonds. The minimum atomic E-state index is -0.867. The largest absolute Gasteiger partial charge is 0.455 e. The fourth-order valence-electron chi connectivity index (χ4n) is 6.23. The van der Waals surface area contributed by atoms with Crippen molar-refractivity contribution in [3.8, 4) is 22.3 Å². The van der Waals surface area contributed by atoms with Gasteiger partial charge in [0.2, 0.25) is 0 Å². The Morgan fingerprint density at radius 1 is 0.388 bits per heavy atom.